The number of benzene rings is 2. The van der Waals surface area contributed by atoms with Crippen molar-refractivity contribution in [2.75, 3.05) is 24.9 Å². The summed E-state index contributed by atoms with van der Waals surface area (Å²) in [5, 5.41) is 14.8. The summed E-state index contributed by atoms with van der Waals surface area (Å²) in [4.78, 5) is 16.7. The minimum atomic E-state index is -0.282. The molecule has 3 rings (SSSR count). The molecule has 1 heterocycles. The predicted octanol–water partition coefficient (Wildman–Crippen LogP) is 3.97. The molecule has 7 heteroatoms. The molecule has 0 aliphatic heterocycles. The van der Waals surface area contributed by atoms with Crippen LogP contribution in [0.25, 0.3) is 0 Å². The van der Waals surface area contributed by atoms with Crippen LogP contribution in [0.15, 0.2) is 60.8 Å². The smallest absolute Gasteiger partial charge is 0.255 e. The standard InChI is InChI=1S/C21H18N4O3/c1-27-18-9-5-15(11-19(18)28-2)21(26)25-17-8-10-20(23-13-17)24-16-6-3-14(12-22)4-7-16/h3-11,13H,1-2H3,(H,23,24)(H,25,26). The average molecular weight is 374 g/mol. The molecule has 140 valence electrons. The fraction of sp³-hybridized carbons (Fsp3) is 0.0952. The number of hydrogen-bond donors (Lipinski definition) is 2. The molecule has 1 amide bonds. The summed E-state index contributed by atoms with van der Waals surface area (Å²) < 4.78 is 10.4. The minimum absolute atomic E-state index is 0.282. The van der Waals surface area contributed by atoms with Gasteiger partial charge in [0.1, 0.15) is 5.82 Å². The molecule has 1 aromatic heterocycles. The molecule has 2 aromatic carbocycles. The van der Waals surface area contributed by atoms with Crippen LogP contribution in [0.5, 0.6) is 11.5 Å². The first-order valence-electron chi connectivity index (χ1n) is 8.39. The Morgan fingerprint density at radius 2 is 1.68 bits per heavy atom. The number of nitriles is 1. The summed E-state index contributed by atoms with van der Waals surface area (Å²) in [5.74, 6) is 1.37. The summed E-state index contributed by atoms with van der Waals surface area (Å²) in [7, 11) is 3.06. The SMILES string of the molecule is COc1ccc(C(=O)Nc2ccc(Nc3ccc(C#N)cc3)nc2)cc1OC. The second-order valence-electron chi connectivity index (χ2n) is 5.77. The van der Waals surface area contributed by atoms with Gasteiger partial charge in [-0.05, 0) is 54.6 Å². The highest BCUT2D eigenvalue weighted by molar-refractivity contribution is 6.04. The molecule has 28 heavy (non-hydrogen) atoms. The van der Waals surface area contributed by atoms with Gasteiger partial charge in [-0.3, -0.25) is 4.79 Å². The van der Waals surface area contributed by atoms with Gasteiger partial charge in [-0.25, -0.2) is 4.98 Å². The zero-order valence-corrected chi connectivity index (χ0v) is 15.4. The Balaban J connectivity index is 1.66. The molecule has 0 aliphatic rings. The van der Waals surface area contributed by atoms with E-state index < -0.39 is 0 Å². The number of pyridine rings is 1. The molecule has 0 bridgehead atoms. The zero-order chi connectivity index (χ0) is 19.9. The first-order chi connectivity index (χ1) is 13.6. The van der Waals surface area contributed by atoms with Gasteiger partial charge in [0.15, 0.2) is 11.5 Å². The van der Waals surface area contributed by atoms with Gasteiger partial charge < -0.3 is 20.1 Å². The minimum Gasteiger partial charge on any atom is -0.493 e. The molecule has 0 unspecified atom stereocenters. The molecular weight excluding hydrogens is 356 g/mol. The maximum Gasteiger partial charge on any atom is 0.255 e. The van der Waals surface area contributed by atoms with Crippen molar-refractivity contribution in [1.82, 2.24) is 4.98 Å². The van der Waals surface area contributed by atoms with Crippen LogP contribution in [0, 0.1) is 11.3 Å². The Labute approximate surface area is 162 Å². The van der Waals surface area contributed by atoms with Crippen LogP contribution < -0.4 is 20.1 Å². The molecule has 0 aliphatic carbocycles. The van der Waals surface area contributed by atoms with Gasteiger partial charge in [0.05, 0.1) is 37.7 Å². The third-order valence-electron chi connectivity index (χ3n) is 3.95. The highest BCUT2D eigenvalue weighted by atomic mass is 16.5. The molecule has 0 saturated heterocycles. The monoisotopic (exact) mass is 374 g/mol. The number of nitrogens with one attached hydrogen (secondary N) is 2. The summed E-state index contributed by atoms with van der Waals surface area (Å²) >= 11 is 0. The highest BCUT2D eigenvalue weighted by Gasteiger charge is 2.11. The number of methoxy groups -OCH3 is 2. The van der Waals surface area contributed by atoms with E-state index in [1.807, 2.05) is 0 Å². The van der Waals surface area contributed by atoms with Gasteiger partial charge in [0.25, 0.3) is 5.91 Å². The number of carbonyl (C=O) groups is 1. The second kappa shape index (κ2) is 8.56. The summed E-state index contributed by atoms with van der Waals surface area (Å²) in [6.07, 6.45) is 1.56. The molecule has 2 N–H and O–H groups in total. The summed E-state index contributed by atoms with van der Waals surface area (Å²) in [5.41, 5.74) is 2.41. The molecule has 0 radical (unpaired) electrons. The lowest BCUT2D eigenvalue weighted by Crippen LogP contribution is -2.12. The van der Waals surface area contributed by atoms with Crippen LogP contribution in [0.3, 0.4) is 0 Å². The van der Waals surface area contributed by atoms with E-state index in [0.29, 0.717) is 34.1 Å². The normalized spacial score (nSPS) is 9.89. The molecule has 7 nitrogen and oxygen atoms in total. The number of amides is 1. The van der Waals surface area contributed by atoms with Gasteiger partial charge in [-0.15, -0.1) is 0 Å². The van der Waals surface area contributed by atoms with Crippen LogP contribution in [0.4, 0.5) is 17.2 Å². The molecule has 0 spiro atoms. The fourth-order valence-electron chi connectivity index (χ4n) is 2.50. The largest absolute Gasteiger partial charge is 0.493 e. The predicted molar refractivity (Wildman–Crippen MR) is 106 cm³/mol. The molecule has 0 fully saturated rings. The number of nitrogens with zero attached hydrogens (tertiary/aromatic N) is 2. The Morgan fingerprint density at radius 1 is 0.964 bits per heavy atom. The lowest BCUT2D eigenvalue weighted by atomic mass is 10.2. The summed E-state index contributed by atoms with van der Waals surface area (Å²) in [6.45, 7) is 0. The number of hydrogen-bond acceptors (Lipinski definition) is 6. The van der Waals surface area contributed by atoms with Crippen LogP contribution in [-0.4, -0.2) is 25.1 Å². The topological polar surface area (TPSA) is 96.3 Å². The molecule has 3 aromatic rings. The number of ether oxygens (including phenoxy) is 2. The van der Waals surface area contributed by atoms with E-state index in [1.165, 1.54) is 14.2 Å². The van der Waals surface area contributed by atoms with E-state index in [9.17, 15) is 4.79 Å². The van der Waals surface area contributed by atoms with E-state index in [0.717, 1.165) is 5.69 Å². The number of aromatic nitrogens is 1. The van der Waals surface area contributed by atoms with Crippen molar-refractivity contribution in [2.24, 2.45) is 0 Å². The lowest BCUT2D eigenvalue weighted by Gasteiger charge is -2.10. The fourth-order valence-corrected chi connectivity index (χ4v) is 2.50. The Hall–Kier alpha value is -4.05. The van der Waals surface area contributed by atoms with Crippen molar-refractivity contribution in [3.8, 4) is 17.6 Å². The lowest BCUT2D eigenvalue weighted by molar-refractivity contribution is 0.102. The third kappa shape index (κ3) is 4.37. The number of anilines is 3. The van der Waals surface area contributed by atoms with Crippen LogP contribution in [0.2, 0.25) is 0 Å². The van der Waals surface area contributed by atoms with Crippen LogP contribution in [0.1, 0.15) is 15.9 Å². The average Bonchev–Trinajstić information content (AvgIpc) is 2.75. The second-order valence-corrected chi connectivity index (χ2v) is 5.77. The Kier molecular flexibility index (Phi) is 5.72. The van der Waals surface area contributed by atoms with Gasteiger partial charge in [-0.1, -0.05) is 0 Å². The van der Waals surface area contributed by atoms with E-state index in [4.69, 9.17) is 14.7 Å². The third-order valence-corrected chi connectivity index (χ3v) is 3.95. The van der Waals surface area contributed by atoms with Crippen LogP contribution >= 0.6 is 0 Å². The van der Waals surface area contributed by atoms with E-state index in [1.54, 1.807) is 60.8 Å². The van der Waals surface area contributed by atoms with E-state index in [2.05, 4.69) is 21.7 Å². The Morgan fingerprint density at radius 3 is 2.29 bits per heavy atom. The van der Waals surface area contributed by atoms with E-state index >= 15 is 0 Å². The Bertz CT molecular complexity index is 1010. The first-order valence-corrected chi connectivity index (χ1v) is 8.39. The zero-order valence-electron chi connectivity index (χ0n) is 15.4. The van der Waals surface area contributed by atoms with E-state index in [-0.39, 0.29) is 5.91 Å². The maximum atomic E-state index is 12.4. The van der Waals surface area contributed by atoms with Gasteiger partial charge in [0.2, 0.25) is 0 Å². The van der Waals surface area contributed by atoms with Crippen molar-refractivity contribution in [2.45, 2.75) is 0 Å². The van der Waals surface area contributed by atoms with Crippen LogP contribution in [-0.2, 0) is 0 Å². The van der Waals surface area contributed by atoms with Crippen molar-refractivity contribution in [3.05, 3.63) is 71.9 Å². The van der Waals surface area contributed by atoms with Crippen molar-refractivity contribution in [1.29, 1.82) is 5.26 Å². The van der Waals surface area contributed by atoms with Gasteiger partial charge >= 0.3 is 0 Å². The number of carbonyl (C=O) groups excluding carboxylic acids is 1. The maximum absolute atomic E-state index is 12.4. The molecule has 0 saturated carbocycles. The van der Waals surface area contributed by atoms with Crippen molar-refractivity contribution in [3.63, 3.8) is 0 Å². The molecule has 0 atom stereocenters. The van der Waals surface area contributed by atoms with Gasteiger partial charge in [-0.2, -0.15) is 5.26 Å². The van der Waals surface area contributed by atoms with Crippen molar-refractivity contribution >= 4 is 23.1 Å². The number of rotatable bonds is 6. The van der Waals surface area contributed by atoms with Gasteiger partial charge in [0, 0.05) is 11.3 Å². The highest BCUT2D eigenvalue weighted by Crippen LogP contribution is 2.28. The quantitative estimate of drug-likeness (QED) is 0.678. The first kappa shape index (κ1) is 18.7. The van der Waals surface area contributed by atoms with Crippen molar-refractivity contribution < 1.29 is 14.3 Å². The molecular formula is C21H18N4O3. The summed E-state index contributed by atoms with van der Waals surface area (Å²) in [6, 6.07) is 17.6.